The van der Waals surface area contributed by atoms with Gasteiger partial charge in [0, 0.05) is 5.70 Å². The molecule has 0 unspecified atom stereocenters. The number of allylic oxidation sites excluding steroid dienone is 3. The molecule has 0 radical (unpaired) electrons. The molecule has 0 aliphatic carbocycles. The van der Waals surface area contributed by atoms with E-state index in [1.165, 1.54) is 36.2 Å². The SMILES string of the molecule is CCCC/C(C)=C\C1=C(C)N1. The van der Waals surface area contributed by atoms with Crippen molar-refractivity contribution in [2.75, 3.05) is 0 Å². The summed E-state index contributed by atoms with van der Waals surface area (Å²) in [5.74, 6) is 0. The van der Waals surface area contributed by atoms with E-state index in [1.807, 2.05) is 0 Å². The largest absolute Gasteiger partial charge is 0.356 e. The summed E-state index contributed by atoms with van der Waals surface area (Å²) >= 11 is 0. The van der Waals surface area contributed by atoms with Gasteiger partial charge in [-0.3, -0.25) is 0 Å². The van der Waals surface area contributed by atoms with Crippen LogP contribution >= 0.6 is 0 Å². The van der Waals surface area contributed by atoms with Crippen LogP contribution in [0.15, 0.2) is 23.0 Å². The minimum atomic E-state index is 1.24. The van der Waals surface area contributed by atoms with Crippen LogP contribution < -0.4 is 5.32 Å². The Balaban J connectivity index is 2.29. The fourth-order valence-corrected chi connectivity index (χ4v) is 1.09. The fraction of sp³-hybridized carbons (Fsp3) is 0.600. The molecule has 1 aliphatic rings. The van der Waals surface area contributed by atoms with E-state index < -0.39 is 0 Å². The van der Waals surface area contributed by atoms with Gasteiger partial charge in [0.1, 0.15) is 0 Å². The van der Waals surface area contributed by atoms with Crippen molar-refractivity contribution in [1.82, 2.24) is 5.32 Å². The number of hydrogen-bond donors (Lipinski definition) is 1. The first kappa shape index (κ1) is 8.38. The van der Waals surface area contributed by atoms with Crippen LogP contribution in [-0.4, -0.2) is 0 Å². The average Bonchev–Trinajstić information content (AvgIpc) is 2.62. The molecule has 0 aromatic heterocycles. The minimum Gasteiger partial charge on any atom is -0.356 e. The van der Waals surface area contributed by atoms with E-state index in [0.717, 1.165) is 0 Å². The third-order valence-electron chi connectivity index (χ3n) is 1.98. The quantitative estimate of drug-likeness (QED) is 0.655. The zero-order valence-electron chi connectivity index (χ0n) is 7.70. The second-order valence-electron chi connectivity index (χ2n) is 3.26. The highest BCUT2D eigenvalue weighted by Gasteiger charge is 2.11. The summed E-state index contributed by atoms with van der Waals surface area (Å²) in [6.07, 6.45) is 6.10. The summed E-state index contributed by atoms with van der Waals surface area (Å²) in [6.45, 7) is 6.54. The highest BCUT2D eigenvalue weighted by atomic mass is 15.0. The molecule has 0 spiro atoms. The van der Waals surface area contributed by atoms with Gasteiger partial charge in [-0.25, -0.2) is 0 Å². The summed E-state index contributed by atoms with van der Waals surface area (Å²) in [7, 11) is 0. The van der Waals surface area contributed by atoms with Gasteiger partial charge in [0.15, 0.2) is 0 Å². The maximum absolute atomic E-state index is 3.20. The molecule has 0 fully saturated rings. The summed E-state index contributed by atoms with van der Waals surface area (Å²) in [4.78, 5) is 0. The summed E-state index contributed by atoms with van der Waals surface area (Å²) < 4.78 is 0. The molecule has 1 N–H and O–H groups in total. The number of nitrogens with one attached hydrogen (secondary N) is 1. The minimum absolute atomic E-state index is 1.24. The van der Waals surface area contributed by atoms with E-state index >= 15 is 0 Å². The molecule has 0 aromatic carbocycles. The molecule has 1 aliphatic heterocycles. The topological polar surface area (TPSA) is 21.9 Å². The summed E-state index contributed by atoms with van der Waals surface area (Å²) in [6, 6.07) is 0. The van der Waals surface area contributed by atoms with E-state index in [-0.39, 0.29) is 0 Å². The first-order valence-corrected chi connectivity index (χ1v) is 4.39. The van der Waals surface area contributed by atoms with Crippen molar-refractivity contribution in [3.8, 4) is 0 Å². The number of hydrogen-bond acceptors (Lipinski definition) is 1. The van der Waals surface area contributed by atoms with E-state index in [1.54, 1.807) is 0 Å². The predicted octanol–water partition coefficient (Wildman–Crippen LogP) is 2.96. The van der Waals surface area contributed by atoms with E-state index in [9.17, 15) is 0 Å². The molecule has 0 atom stereocenters. The van der Waals surface area contributed by atoms with Crippen molar-refractivity contribution in [1.29, 1.82) is 0 Å². The normalized spacial score (nSPS) is 16.8. The van der Waals surface area contributed by atoms with Gasteiger partial charge in [-0.05, 0) is 32.8 Å². The van der Waals surface area contributed by atoms with E-state index in [4.69, 9.17) is 0 Å². The molecule has 0 aromatic rings. The molecule has 11 heavy (non-hydrogen) atoms. The molecular formula is C10H17N. The predicted molar refractivity (Wildman–Crippen MR) is 49.1 cm³/mol. The second-order valence-corrected chi connectivity index (χ2v) is 3.26. The number of rotatable bonds is 4. The van der Waals surface area contributed by atoms with Crippen LogP contribution in [0.2, 0.25) is 0 Å². The van der Waals surface area contributed by atoms with Gasteiger partial charge >= 0.3 is 0 Å². The van der Waals surface area contributed by atoms with Crippen LogP contribution in [0.4, 0.5) is 0 Å². The Morgan fingerprint density at radius 1 is 1.55 bits per heavy atom. The molecule has 1 heteroatoms. The van der Waals surface area contributed by atoms with E-state index in [0.29, 0.717) is 0 Å². The smallest absolute Gasteiger partial charge is 0.0575 e. The van der Waals surface area contributed by atoms with Crippen LogP contribution in [0, 0.1) is 0 Å². The van der Waals surface area contributed by atoms with Crippen molar-refractivity contribution in [3.63, 3.8) is 0 Å². The third-order valence-corrected chi connectivity index (χ3v) is 1.98. The lowest BCUT2D eigenvalue weighted by Gasteiger charge is -1.95. The van der Waals surface area contributed by atoms with Gasteiger partial charge in [0.25, 0.3) is 0 Å². The molecule has 0 saturated carbocycles. The van der Waals surface area contributed by atoms with Gasteiger partial charge in [-0.2, -0.15) is 0 Å². The van der Waals surface area contributed by atoms with Gasteiger partial charge < -0.3 is 5.32 Å². The lowest BCUT2D eigenvalue weighted by Crippen LogP contribution is -1.80. The summed E-state index contributed by atoms with van der Waals surface area (Å²) in [5.41, 5.74) is 4.16. The van der Waals surface area contributed by atoms with Crippen molar-refractivity contribution >= 4 is 0 Å². The van der Waals surface area contributed by atoms with Crippen molar-refractivity contribution in [2.45, 2.75) is 40.0 Å². The molecule has 1 rings (SSSR count). The Hall–Kier alpha value is -0.720. The molecule has 0 saturated heterocycles. The van der Waals surface area contributed by atoms with Gasteiger partial charge in [-0.1, -0.05) is 18.9 Å². The molecule has 62 valence electrons. The lowest BCUT2D eigenvalue weighted by atomic mass is 10.1. The summed E-state index contributed by atoms with van der Waals surface area (Å²) in [5, 5.41) is 3.20. The van der Waals surface area contributed by atoms with Crippen molar-refractivity contribution < 1.29 is 0 Å². The zero-order chi connectivity index (χ0) is 8.27. The zero-order valence-corrected chi connectivity index (χ0v) is 7.70. The lowest BCUT2D eigenvalue weighted by molar-refractivity contribution is 0.787. The Bertz CT molecular complexity index is 199. The number of unbranched alkanes of at least 4 members (excludes halogenated alkanes) is 1. The molecule has 1 nitrogen and oxygen atoms in total. The van der Waals surface area contributed by atoms with Crippen molar-refractivity contribution in [2.24, 2.45) is 0 Å². The standard InChI is InChI=1S/C10H17N/c1-4-5-6-8(2)7-10-9(3)11-10/h7,11H,4-6H2,1-3H3/b8-7-. The third kappa shape index (κ3) is 2.79. The maximum Gasteiger partial charge on any atom is 0.0575 e. The van der Waals surface area contributed by atoms with Gasteiger partial charge in [0.05, 0.1) is 5.70 Å². The second kappa shape index (κ2) is 3.61. The Kier molecular flexibility index (Phi) is 2.75. The van der Waals surface area contributed by atoms with Crippen LogP contribution in [0.25, 0.3) is 0 Å². The maximum atomic E-state index is 3.20. The Morgan fingerprint density at radius 3 is 2.64 bits per heavy atom. The first-order chi connectivity index (χ1) is 5.24. The monoisotopic (exact) mass is 151 g/mol. The Labute approximate surface area is 69.2 Å². The van der Waals surface area contributed by atoms with Crippen LogP contribution in [0.1, 0.15) is 40.0 Å². The highest BCUT2D eigenvalue weighted by molar-refractivity contribution is 5.39. The highest BCUT2D eigenvalue weighted by Crippen LogP contribution is 2.18. The fourth-order valence-electron chi connectivity index (χ4n) is 1.09. The average molecular weight is 151 g/mol. The molecular weight excluding hydrogens is 134 g/mol. The molecule has 1 heterocycles. The van der Waals surface area contributed by atoms with Gasteiger partial charge in [0.2, 0.25) is 0 Å². The van der Waals surface area contributed by atoms with Crippen LogP contribution in [0.3, 0.4) is 0 Å². The van der Waals surface area contributed by atoms with Crippen molar-refractivity contribution in [3.05, 3.63) is 23.0 Å². The Morgan fingerprint density at radius 2 is 2.18 bits per heavy atom. The first-order valence-electron chi connectivity index (χ1n) is 4.39. The molecule has 0 amide bonds. The van der Waals surface area contributed by atoms with Gasteiger partial charge in [-0.15, -0.1) is 0 Å². The van der Waals surface area contributed by atoms with Crippen LogP contribution in [0.5, 0.6) is 0 Å². The molecule has 0 bridgehead atoms. The van der Waals surface area contributed by atoms with Crippen LogP contribution in [-0.2, 0) is 0 Å². The van der Waals surface area contributed by atoms with E-state index in [2.05, 4.69) is 32.2 Å².